The summed E-state index contributed by atoms with van der Waals surface area (Å²) in [4.78, 5) is 28.1. The number of carbonyl (C=O) groups excluding carboxylic acids is 2. The highest BCUT2D eigenvalue weighted by Gasteiger charge is 2.27. The molecule has 7 heteroatoms. The zero-order valence-electron chi connectivity index (χ0n) is 15.1. The molecule has 2 aliphatic heterocycles. The summed E-state index contributed by atoms with van der Waals surface area (Å²) in [5.74, 6) is -0.866. The molecule has 2 aliphatic rings. The monoisotopic (exact) mass is 369 g/mol. The number of amides is 2. The minimum atomic E-state index is -0.408. The van der Waals surface area contributed by atoms with Crippen molar-refractivity contribution in [2.24, 2.45) is 0 Å². The number of H-pyrrole nitrogens is 1. The minimum absolute atomic E-state index is 0.0171. The topological polar surface area (TPSA) is 83.2 Å². The van der Waals surface area contributed by atoms with Gasteiger partial charge >= 0.3 is 0 Å². The second kappa shape index (κ2) is 6.66. The van der Waals surface area contributed by atoms with Crippen LogP contribution < -0.4 is 10.6 Å². The van der Waals surface area contributed by atoms with Crippen LogP contribution in [-0.2, 0) is 9.53 Å². The van der Waals surface area contributed by atoms with Crippen LogP contribution in [0.15, 0.2) is 18.2 Å². The van der Waals surface area contributed by atoms with E-state index in [1.165, 1.54) is 12.1 Å². The van der Waals surface area contributed by atoms with Crippen LogP contribution in [0.4, 0.5) is 10.1 Å². The quantitative estimate of drug-likeness (QED) is 0.728. The number of hydrogen-bond donors (Lipinski definition) is 3. The number of nitrogens with one attached hydrogen (secondary N) is 3. The summed E-state index contributed by atoms with van der Waals surface area (Å²) in [5.41, 5.74) is 4.13. The van der Waals surface area contributed by atoms with Gasteiger partial charge in [-0.2, -0.15) is 0 Å². The molecule has 0 bridgehead atoms. The van der Waals surface area contributed by atoms with Gasteiger partial charge in [-0.3, -0.25) is 9.59 Å². The Balaban J connectivity index is 1.68. The fraction of sp³-hybridized carbons (Fsp3) is 0.300. The Morgan fingerprint density at radius 3 is 2.93 bits per heavy atom. The summed E-state index contributed by atoms with van der Waals surface area (Å²) in [6.45, 7) is 4.82. The van der Waals surface area contributed by atoms with Gasteiger partial charge in [-0.25, -0.2) is 4.39 Å². The molecule has 6 nitrogen and oxygen atoms in total. The van der Waals surface area contributed by atoms with Gasteiger partial charge in [0.1, 0.15) is 5.82 Å². The minimum Gasteiger partial charge on any atom is -0.379 e. The fourth-order valence-electron chi connectivity index (χ4n) is 3.61. The lowest BCUT2D eigenvalue weighted by molar-refractivity contribution is -0.110. The second-order valence-electron chi connectivity index (χ2n) is 6.90. The van der Waals surface area contributed by atoms with Crippen LogP contribution in [0.5, 0.6) is 0 Å². The zero-order chi connectivity index (χ0) is 19.1. The van der Waals surface area contributed by atoms with Crippen molar-refractivity contribution in [2.45, 2.75) is 26.3 Å². The third kappa shape index (κ3) is 3.14. The Morgan fingerprint density at radius 2 is 2.19 bits per heavy atom. The molecular formula is C20H20FN3O3. The van der Waals surface area contributed by atoms with Gasteiger partial charge in [0.05, 0.1) is 23.8 Å². The number of aromatic nitrogens is 1. The molecule has 0 spiro atoms. The van der Waals surface area contributed by atoms with Gasteiger partial charge in [-0.1, -0.05) is 0 Å². The van der Waals surface area contributed by atoms with Crippen molar-refractivity contribution in [1.29, 1.82) is 0 Å². The Bertz CT molecular complexity index is 971. The average molecular weight is 369 g/mol. The summed E-state index contributed by atoms with van der Waals surface area (Å²) in [6.07, 6.45) is 2.46. The van der Waals surface area contributed by atoms with Gasteiger partial charge in [0.2, 0.25) is 0 Å². The third-order valence-electron chi connectivity index (χ3n) is 5.02. The van der Waals surface area contributed by atoms with E-state index in [-0.39, 0.29) is 17.9 Å². The normalized spacial score (nSPS) is 20.0. The van der Waals surface area contributed by atoms with Crippen LogP contribution in [0.25, 0.3) is 11.6 Å². The van der Waals surface area contributed by atoms with Gasteiger partial charge in [0.25, 0.3) is 11.8 Å². The number of halogens is 1. The van der Waals surface area contributed by atoms with Crippen LogP contribution >= 0.6 is 0 Å². The Morgan fingerprint density at radius 1 is 1.37 bits per heavy atom. The van der Waals surface area contributed by atoms with Gasteiger partial charge in [0.15, 0.2) is 0 Å². The molecule has 2 aromatic rings. The highest BCUT2D eigenvalue weighted by molar-refractivity contribution is 6.34. The first kappa shape index (κ1) is 17.5. The molecule has 4 rings (SSSR count). The lowest BCUT2D eigenvalue weighted by Gasteiger charge is -2.11. The van der Waals surface area contributed by atoms with Gasteiger partial charge in [0, 0.05) is 29.2 Å². The molecule has 1 atom stereocenters. The fourth-order valence-corrected chi connectivity index (χ4v) is 3.61. The summed E-state index contributed by atoms with van der Waals surface area (Å²) >= 11 is 0. The summed E-state index contributed by atoms with van der Waals surface area (Å²) < 4.78 is 18.9. The predicted molar refractivity (Wildman–Crippen MR) is 99.9 cm³/mol. The molecule has 140 valence electrons. The van der Waals surface area contributed by atoms with Crippen molar-refractivity contribution in [3.05, 3.63) is 52.1 Å². The molecule has 2 amide bonds. The van der Waals surface area contributed by atoms with Crippen LogP contribution in [0.3, 0.4) is 0 Å². The maximum absolute atomic E-state index is 13.6. The summed E-state index contributed by atoms with van der Waals surface area (Å²) in [6, 6.07) is 4.20. The first-order chi connectivity index (χ1) is 12.9. The number of carbonyl (C=O) groups is 2. The first-order valence-corrected chi connectivity index (χ1v) is 8.85. The Kier molecular flexibility index (Phi) is 4.31. The van der Waals surface area contributed by atoms with E-state index in [0.717, 1.165) is 12.0 Å². The Labute approximate surface area is 155 Å². The second-order valence-corrected chi connectivity index (χ2v) is 6.90. The molecular weight excluding hydrogens is 349 g/mol. The molecule has 1 fully saturated rings. The molecule has 3 heterocycles. The molecule has 0 radical (unpaired) electrons. The molecule has 1 unspecified atom stereocenters. The van der Waals surface area contributed by atoms with Crippen molar-refractivity contribution in [1.82, 2.24) is 10.3 Å². The molecule has 0 aliphatic carbocycles. The van der Waals surface area contributed by atoms with Crippen molar-refractivity contribution in [2.75, 3.05) is 18.5 Å². The van der Waals surface area contributed by atoms with E-state index < -0.39 is 5.82 Å². The SMILES string of the molecule is Cc1[nH]c(/C=C2\C(=O)Nc3ccc(F)cc32)c(C)c1C(=O)NC1CCOC1. The Hall–Kier alpha value is -2.93. The maximum Gasteiger partial charge on any atom is 0.256 e. The molecule has 0 saturated carbocycles. The number of aryl methyl sites for hydroxylation is 1. The maximum atomic E-state index is 13.6. The number of fused-ring (bicyclic) bond motifs is 1. The van der Waals surface area contributed by atoms with Crippen LogP contribution in [0.2, 0.25) is 0 Å². The van der Waals surface area contributed by atoms with Crippen molar-refractivity contribution < 1.29 is 18.7 Å². The number of hydrogen-bond acceptors (Lipinski definition) is 3. The zero-order valence-corrected chi connectivity index (χ0v) is 15.1. The van der Waals surface area contributed by atoms with E-state index in [4.69, 9.17) is 4.74 Å². The summed E-state index contributed by atoms with van der Waals surface area (Å²) in [7, 11) is 0. The largest absolute Gasteiger partial charge is 0.379 e. The van der Waals surface area contributed by atoms with Crippen LogP contribution in [0, 0.1) is 19.7 Å². The third-order valence-corrected chi connectivity index (χ3v) is 5.02. The van der Waals surface area contributed by atoms with Crippen LogP contribution in [0.1, 0.15) is 39.3 Å². The molecule has 1 aromatic heterocycles. The van der Waals surface area contributed by atoms with E-state index in [0.29, 0.717) is 47.0 Å². The molecule has 1 aromatic carbocycles. The molecule has 1 saturated heterocycles. The van der Waals surface area contributed by atoms with Crippen molar-refractivity contribution >= 4 is 29.2 Å². The number of aromatic amines is 1. The standard InChI is InChI=1S/C20H20FN3O3/c1-10-17(8-15-14-7-12(21)3-4-16(14)24-19(15)25)22-11(2)18(10)20(26)23-13-5-6-27-9-13/h3-4,7-8,13,22H,5-6,9H2,1-2H3,(H,23,26)(H,24,25)/b15-8-. The van der Waals surface area contributed by atoms with E-state index in [1.54, 1.807) is 12.1 Å². The number of benzene rings is 1. The van der Waals surface area contributed by atoms with E-state index in [9.17, 15) is 14.0 Å². The highest BCUT2D eigenvalue weighted by atomic mass is 19.1. The van der Waals surface area contributed by atoms with E-state index in [1.807, 2.05) is 13.8 Å². The lowest BCUT2D eigenvalue weighted by Crippen LogP contribution is -2.35. The lowest BCUT2D eigenvalue weighted by atomic mass is 10.0. The average Bonchev–Trinajstić information content (AvgIpc) is 3.29. The smallest absolute Gasteiger partial charge is 0.256 e. The van der Waals surface area contributed by atoms with E-state index in [2.05, 4.69) is 15.6 Å². The summed E-state index contributed by atoms with van der Waals surface area (Å²) in [5, 5.41) is 5.71. The van der Waals surface area contributed by atoms with Gasteiger partial charge in [-0.05, 0) is 50.1 Å². The number of anilines is 1. The van der Waals surface area contributed by atoms with Gasteiger partial charge < -0.3 is 20.4 Å². The first-order valence-electron chi connectivity index (χ1n) is 8.85. The highest BCUT2D eigenvalue weighted by Crippen LogP contribution is 2.34. The van der Waals surface area contributed by atoms with Gasteiger partial charge in [-0.15, -0.1) is 0 Å². The molecule has 27 heavy (non-hydrogen) atoms. The van der Waals surface area contributed by atoms with Crippen molar-refractivity contribution in [3.8, 4) is 0 Å². The number of ether oxygens (including phenoxy) is 1. The molecule has 3 N–H and O–H groups in total. The van der Waals surface area contributed by atoms with E-state index >= 15 is 0 Å². The van der Waals surface area contributed by atoms with Crippen LogP contribution in [-0.4, -0.2) is 36.1 Å². The van der Waals surface area contributed by atoms with Crippen molar-refractivity contribution in [3.63, 3.8) is 0 Å². The number of rotatable bonds is 3. The predicted octanol–water partition coefficient (Wildman–Crippen LogP) is 2.78.